The maximum Gasteiger partial charge on any atom is 0.257 e. The molecule has 1 aliphatic heterocycles. The molecule has 0 spiro atoms. The van der Waals surface area contributed by atoms with Crippen LogP contribution >= 0.6 is 0 Å². The lowest BCUT2D eigenvalue weighted by Crippen LogP contribution is -2.35. The van der Waals surface area contributed by atoms with Crippen molar-refractivity contribution in [2.75, 3.05) is 57.3 Å². The minimum atomic E-state index is 0.544. The van der Waals surface area contributed by atoms with Crippen LogP contribution in [-0.2, 0) is 4.74 Å². The van der Waals surface area contributed by atoms with E-state index in [1.807, 2.05) is 19.0 Å². The Kier molecular flexibility index (Phi) is 6.38. The Labute approximate surface area is 202 Å². The quantitative estimate of drug-likeness (QED) is 0.481. The van der Waals surface area contributed by atoms with Crippen LogP contribution in [0.4, 0.5) is 11.5 Å². The number of nitrogens with zero attached hydrogens (tertiary/aromatic N) is 5. The van der Waals surface area contributed by atoms with Crippen molar-refractivity contribution in [3.63, 3.8) is 0 Å². The first-order valence-corrected chi connectivity index (χ1v) is 12.5. The number of fused-ring (bicyclic) bond motifs is 1. The van der Waals surface area contributed by atoms with Crippen molar-refractivity contribution in [3.05, 3.63) is 35.5 Å². The molecule has 2 aliphatic rings. The van der Waals surface area contributed by atoms with Crippen molar-refractivity contribution < 1.29 is 9.47 Å². The molecule has 3 aromatic heterocycles. The van der Waals surface area contributed by atoms with E-state index < -0.39 is 0 Å². The van der Waals surface area contributed by atoms with Gasteiger partial charge in [-0.15, -0.1) is 5.10 Å². The summed E-state index contributed by atoms with van der Waals surface area (Å²) in [5.74, 6) is 2.97. The summed E-state index contributed by atoms with van der Waals surface area (Å²) in [5.41, 5.74) is 6.55. The number of aryl methyl sites for hydroxylation is 2. The fraction of sp³-hybridized carbons (Fsp3) is 0.556. The van der Waals surface area contributed by atoms with E-state index in [-0.39, 0.29) is 0 Å². The molecule has 3 aromatic rings. The van der Waals surface area contributed by atoms with Crippen LogP contribution in [0.15, 0.2) is 24.3 Å². The maximum absolute atomic E-state index is 5.88. The van der Waals surface area contributed by atoms with Gasteiger partial charge in [0.25, 0.3) is 5.88 Å². The van der Waals surface area contributed by atoms with E-state index in [1.165, 1.54) is 24.8 Å². The molecule has 1 atom stereocenters. The molecule has 1 unspecified atom stereocenters. The lowest BCUT2D eigenvalue weighted by molar-refractivity contribution is 0.0572. The molecular formula is C27H37N5O2. The summed E-state index contributed by atoms with van der Waals surface area (Å²) in [5, 5.41) is 4.97. The molecule has 5 rings (SSSR count). The number of pyridine rings is 2. The van der Waals surface area contributed by atoms with Gasteiger partial charge in [-0.05, 0) is 75.1 Å². The summed E-state index contributed by atoms with van der Waals surface area (Å²) in [6, 6.07) is 8.58. The zero-order valence-electron chi connectivity index (χ0n) is 21.2. The molecule has 7 nitrogen and oxygen atoms in total. The molecule has 7 heteroatoms. The number of methoxy groups -OCH3 is 1. The molecule has 2 fully saturated rings. The number of rotatable bonds is 8. The van der Waals surface area contributed by atoms with E-state index in [4.69, 9.17) is 19.6 Å². The molecule has 1 aliphatic carbocycles. The zero-order valence-corrected chi connectivity index (χ0v) is 21.2. The molecule has 0 radical (unpaired) electrons. The Morgan fingerprint density at radius 2 is 1.91 bits per heavy atom. The van der Waals surface area contributed by atoms with E-state index in [0.717, 1.165) is 72.6 Å². The first kappa shape index (κ1) is 23.0. The SMILES string of the molecule is COc1nn2c(-c3c(C)cc(N(C)C)nc3C)cccc2c1N(CC1CC1)CC1CCCOC1. The largest absolute Gasteiger partial charge is 0.478 e. The third kappa shape index (κ3) is 4.45. The van der Waals surface area contributed by atoms with E-state index in [0.29, 0.717) is 11.8 Å². The lowest BCUT2D eigenvalue weighted by Gasteiger charge is -2.31. The highest BCUT2D eigenvalue weighted by Crippen LogP contribution is 2.40. The highest BCUT2D eigenvalue weighted by atomic mass is 16.5. The van der Waals surface area contributed by atoms with E-state index in [9.17, 15) is 0 Å². The van der Waals surface area contributed by atoms with Crippen molar-refractivity contribution in [1.29, 1.82) is 0 Å². The number of hydrogen-bond donors (Lipinski definition) is 0. The fourth-order valence-corrected chi connectivity index (χ4v) is 5.22. The van der Waals surface area contributed by atoms with Gasteiger partial charge in [-0.25, -0.2) is 9.50 Å². The summed E-state index contributed by atoms with van der Waals surface area (Å²) in [7, 11) is 5.78. The summed E-state index contributed by atoms with van der Waals surface area (Å²) in [6.45, 7) is 8.00. The van der Waals surface area contributed by atoms with Gasteiger partial charge in [-0.2, -0.15) is 0 Å². The molecule has 0 N–H and O–H groups in total. The van der Waals surface area contributed by atoms with Crippen molar-refractivity contribution in [3.8, 4) is 17.1 Å². The van der Waals surface area contributed by atoms with Crippen LogP contribution in [-0.4, -0.2) is 62.1 Å². The van der Waals surface area contributed by atoms with E-state index >= 15 is 0 Å². The Balaban J connectivity index is 1.61. The van der Waals surface area contributed by atoms with Gasteiger partial charge >= 0.3 is 0 Å². The van der Waals surface area contributed by atoms with Crippen LogP contribution in [0.3, 0.4) is 0 Å². The molecule has 0 aromatic carbocycles. The first-order valence-electron chi connectivity index (χ1n) is 12.5. The van der Waals surface area contributed by atoms with Crippen LogP contribution in [0, 0.1) is 25.7 Å². The number of ether oxygens (including phenoxy) is 2. The molecule has 1 saturated carbocycles. The smallest absolute Gasteiger partial charge is 0.257 e. The topological polar surface area (TPSA) is 55.1 Å². The van der Waals surface area contributed by atoms with E-state index in [2.05, 4.69) is 47.5 Å². The van der Waals surface area contributed by atoms with Gasteiger partial charge in [-0.3, -0.25) is 0 Å². The number of anilines is 2. The zero-order chi connectivity index (χ0) is 23.8. The average Bonchev–Trinajstić information content (AvgIpc) is 3.55. The summed E-state index contributed by atoms with van der Waals surface area (Å²) in [4.78, 5) is 9.42. The Hall–Kier alpha value is -2.80. The Bertz CT molecular complexity index is 1140. The minimum absolute atomic E-state index is 0.544. The standard InChI is InChI=1S/C27H37N5O2/c1-18-14-24(30(3)4)28-19(2)25(18)22-9-6-10-23-26(27(33-5)29-32(22)23)31(15-20-11-12-20)16-21-8-7-13-34-17-21/h6,9-10,14,20-21H,7-8,11-13,15-17H2,1-5H3. The molecular weight excluding hydrogens is 426 g/mol. The van der Waals surface area contributed by atoms with Gasteiger partial charge in [0.05, 0.1) is 24.9 Å². The molecule has 0 bridgehead atoms. The molecule has 4 heterocycles. The Morgan fingerprint density at radius 1 is 1.12 bits per heavy atom. The second kappa shape index (κ2) is 9.45. The summed E-state index contributed by atoms with van der Waals surface area (Å²) >= 11 is 0. The van der Waals surface area contributed by atoms with Gasteiger partial charge in [0.1, 0.15) is 11.5 Å². The maximum atomic E-state index is 5.88. The van der Waals surface area contributed by atoms with Gasteiger partial charge in [0, 0.05) is 45.0 Å². The van der Waals surface area contributed by atoms with E-state index in [1.54, 1.807) is 7.11 Å². The summed E-state index contributed by atoms with van der Waals surface area (Å²) in [6.07, 6.45) is 4.99. The van der Waals surface area contributed by atoms with Crippen molar-refractivity contribution in [1.82, 2.24) is 14.6 Å². The van der Waals surface area contributed by atoms with Crippen LogP contribution in [0.1, 0.15) is 36.9 Å². The minimum Gasteiger partial charge on any atom is -0.478 e. The van der Waals surface area contributed by atoms with Crippen molar-refractivity contribution in [2.45, 2.75) is 39.5 Å². The molecule has 0 amide bonds. The Morgan fingerprint density at radius 3 is 2.56 bits per heavy atom. The normalized spacial score (nSPS) is 18.3. The number of aromatic nitrogens is 3. The predicted molar refractivity (Wildman–Crippen MR) is 137 cm³/mol. The predicted octanol–water partition coefficient (Wildman–Crippen LogP) is 4.73. The third-order valence-corrected chi connectivity index (χ3v) is 7.12. The first-order chi connectivity index (χ1) is 16.5. The summed E-state index contributed by atoms with van der Waals surface area (Å²) < 4.78 is 13.7. The highest BCUT2D eigenvalue weighted by Gasteiger charge is 2.31. The fourth-order valence-electron chi connectivity index (χ4n) is 5.22. The molecule has 34 heavy (non-hydrogen) atoms. The highest BCUT2D eigenvalue weighted by molar-refractivity contribution is 5.82. The van der Waals surface area contributed by atoms with Crippen LogP contribution < -0.4 is 14.5 Å². The van der Waals surface area contributed by atoms with Crippen LogP contribution in [0.2, 0.25) is 0 Å². The van der Waals surface area contributed by atoms with Crippen LogP contribution in [0.25, 0.3) is 16.8 Å². The second-order valence-electron chi connectivity index (χ2n) is 10.1. The lowest BCUT2D eigenvalue weighted by atomic mass is 10.0. The van der Waals surface area contributed by atoms with Crippen molar-refractivity contribution in [2.24, 2.45) is 11.8 Å². The average molecular weight is 464 g/mol. The van der Waals surface area contributed by atoms with Gasteiger partial charge in [0.2, 0.25) is 0 Å². The van der Waals surface area contributed by atoms with Crippen LogP contribution in [0.5, 0.6) is 5.88 Å². The molecule has 1 saturated heterocycles. The van der Waals surface area contributed by atoms with Gasteiger partial charge in [-0.1, -0.05) is 6.07 Å². The van der Waals surface area contributed by atoms with Crippen molar-refractivity contribution >= 4 is 17.0 Å². The van der Waals surface area contributed by atoms with Gasteiger partial charge in [0.15, 0.2) is 0 Å². The number of hydrogen-bond acceptors (Lipinski definition) is 6. The monoisotopic (exact) mass is 463 g/mol. The molecule has 182 valence electrons. The third-order valence-electron chi connectivity index (χ3n) is 7.12. The second-order valence-corrected chi connectivity index (χ2v) is 10.1. The van der Waals surface area contributed by atoms with Gasteiger partial charge < -0.3 is 19.3 Å².